The lowest BCUT2D eigenvalue weighted by Crippen LogP contribution is -2.09. The summed E-state index contributed by atoms with van der Waals surface area (Å²) in [5.74, 6) is -1.14. The second-order valence-electron chi connectivity index (χ2n) is 4.02. The Morgan fingerprint density at radius 2 is 1.43 bits per heavy atom. The highest BCUT2D eigenvalue weighted by molar-refractivity contribution is 7.53. The van der Waals surface area contributed by atoms with Gasteiger partial charge in [-0.1, -0.05) is 30.3 Å². The number of benzene rings is 1. The second-order valence-corrected chi connectivity index (χ2v) is 6.07. The fourth-order valence-corrected chi connectivity index (χ4v) is 2.66. The van der Waals surface area contributed by atoms with Gasteiger partial charge in [-0.25, -0.2) is 0 Å². The molecule has 0 spiro atoms. The summed E-state index contributed by atoms with van der Waals surface area (Å²) in [5.41, 5.74) is 0.714. The van der Waals surface area contributed by atoms with E-state index >= 15 is 0 Å². The van der Waals surface area contributed by atoms with E-state index in [-0.39, 0.29) is 6.16 Å². The predicted octanol–water partition coefficient (Wildman–Crippen LogP) is 2.45. The topological polar surface area (TPSA) is 88.1 Å². The lowest BCUT2D eigenvalue weighted by molar-refractivity contribution is -0.149. The van der Waals surface area contributed by atoms with Crippen molar-refractivity contribution in [1.29, 1.82) is 0 Å². The maximum Gasteiger partial charge on any atom is 0.340 e. The molecule has 0 aliphatic heterocycles. The average molecular weight is 316 g/mol. The van der Waals surface area contributed by atoms with Crippen LogP contribution >= 0.6 is 7.60 Å². The largest absolute Gasteiger partial charge is 0.438 e. The molecule has 1 aromatic rings. The fourth-order valence-electron chi connectivity index (χ4n) is 1.31. The van der Waals surface area contributed by atoms with Crippen LogP contribution in [0.4, 0.5) is 0 Å². The van der Waals surface area contributed by atoms with E-state index in [0.29, 0.717) is 5.56 Å². The quantitative estimate of drug-likeness (QED) is 0.413. The molecule has 0 saturated carbocycles. The van der Waals surface area contributed by atoms with Crippen LogP contribution in [0.15, 0.2) is 30.3 Å². The van der Waals surface area contributed by atoms with Crippen molar-refractivity contribution in [3.8, 4) is 0 Å². The molecule has 21 heavy (non-hydrogen) atoms. The van der Waals surface area contributed by atoms with Crippen molar-refractivity contribution in [2.45, 2.75) is 20.0 Å². The molecule has 0 aromatic heterocycles. The van der Waals surface area contributed by atoms with Crippen LogP contribution in [0.2, 0.25) is 0 Å². The minimum atomic E-state index is -3.61. The van der Waals surface area contributed by atoms with E-state index < -0.39 is 33.1 Å². The van der Waals surface area contributed by atoms with Gasteiger partial charge in [0.25, 0.3) is 0 Å². The number of carbonyl (C=O) groups is 2. The van der Waals surface area contributed by atoms with Crippen LogP contribution in [0.25, 0.3) is 0 Å². The van der Waals surface area contributed by atoms with Crippen LogP contribution in [0.1, 0.15) is 19.4 Å². The second kappa shape index (κ2) is 8.56. The third-order valence-electron chi connectivity index (χ3n) is 2.24. The van der Waals surface area contributed by atoms with Crippen molar-refractivity contribution >= 4 is 19.5 Å². The molecule has 0 atom stereocenters. The van der Waals surface area contributed by atoms with Crippen molar-refractivity contribution < 1.29 is 32.7 Å². The molecule has 8 heteroatoms. The first-order valence-corrected chi connectivity index (χ1v) is 7.83. The van der Waals surface area contributed by atoms with Gasteiger partial charge in [-0.05, 0) is 5.56 Å². The molecule has 0 bridgehead atoms. The molecule has 0 N–H and O–H groups in total. The number of carbonyl (C=O) groups excluding carboxylic acids is 2. The molecule has 0 saturated heterocycles. The molecular weight excluding hydrogens is 299 g/mol. The first kappa shape index (κ1) is 17.4. The van der Waals surface area contributed by atoms with Gasteiger partial charge in [-0.2, -0.15) is 0 Å². The van der Waals surface area contributed by atoms with Gasteiger partial charge >= 0.3 is 19.5 Å². The van der Waals surface area contributed by atoms with Crippen molar-refractivity contribution in [1.82, 2.24) is 0 Å². The van der Waals surface area contributed by atoms with Crippen LogP contribution in [0, 0.1) is 0 Å². The molecule has 116 valence electrons. The summed E-state index contributed by atoms with van der Waals surface area (Å²) in [5, 5.41) is 0. The normalized spacial score (nSPS) is 11.0. The molecule has 0 unspecified atom stereocenters. The van der Waals surface area contributed by atoms with E-state index in [9.17, 15) is 14.2 Å². The molecule has 0 amide bonds. The molecular formula is C13H17O7P. The average Bonchev–Trinajstić information content (AvgIpc) is 2.38. The van der Waals surface area contributed by atoms with E-state index in [0.717, 1.165) is 0 Å². The Labute approximate surface area is 122 Å². The Morgan fingerprint density at radius 1 is 0.952 bits per heavy atom. The highest BCUT2D eigenvalue weighted by atomic mass is 31.2. The maximum absolute atomic E-state index is 12.5. The van der Waals surface area contributed by atoms with Gasteiger partial charge < -0.3 is 9.47 Å². The van der Waals surface area contributed by atoms with Crippen molar-refractivity contribution in [3.05, 3.63) is 35.9 Å². The molecule has 0 heterocycles. The molecule has 0 radical (unpaired) electrons. The third-order valence-corrected chi connectivity index (χ3v) is 3.99. The van der Waals surface area contributed by atoms with Crippen molar-refractivity contribution in [2.24, 2.45) is 0 Å². The van der Waals surface area contributed by atoms with Crippen molar-refractivity contribution in [3.63, 3.8) is 0 Å². The number of hydrogen-bond acceptors (Lipinski definition) is 7. The minimum absolute atomic E-state index is 0.0314. The van der Waals surface area contributed by atoms with Crippen LogP contribution in [-0.2, 0) is 38.8 Å². The van der Waals surface area contributed by atoms with E-state index in [2.05, 4.69) is 9.47 Å². The van der Waals surface area contributed by atoms with Crippen LogP contribution in [0.3, 0.4) is 0 Å². The predicted molar refractivity (Wildman–Crippen MR) is 73.2 cm³/mol. The monoisotopic (exact) mass is 316 g/mol. The molecule has 1 rings (SSSR count). The van der Waals surface area contributed by atoms with Gasteiger partial charge in [0.1, 0.15) is 0 Å². The molecule has 7 nitrogen and oxygen atoms in total. The van der Waals surface area contributed by atoms with Gasteiger partial charge in [0.2, 0.25) is 13.6 Å². The third kappa shape index (κ3) is 7.60. The van der Waals surface area contributed by atoms with E-state index in [1.807, 2.05) is 6.07 Å². The van der Waals surface area contributed by atoms with Crippen LogP contribution in [0.5, 0.6) is 0 Å². The zero-order chi connectivity index (χ0) is 15.7. The number of esters is 2. The van der Waals surface area contributed by atoms with Gasteiger partial charge in [-0.3, -0.25) is 23.2 Å². The summed E-state index contributed by atoms with van der Waals surface area (Å²) in [7, 11) is -3.61. The highest BCUT2D eigenvalue weighted by Crippen LogP contribution is 2.51. The maximum atomic E-state index is 12.5. The lowest BCUT2D eigenvalue weighted by atomic mass is 10.2. The minimum Gasteiger partial charge on any atom is -0.438 e. The van der Waals surface area contributed by atoms with Gasteiger partial charge in [0, 0.05) is 13.8 Å². The molecule has 0 aliphatic carbocycles. The summed E-state index contributed by atoms with van der Waals surface area (Å²) in [4.78, 5) is 21.4. The molecule has 1 aromatic carbocycles. The Morgan fingerprint density at radius 3 is 1.86 bits per heavy atom. The Hall–Kier alpha value is -1.69. The summed E-state index contributed by atoms with van der Waals surface area (Å²) in [6.07, 6.45) is -0.0314. The lowest BCUT2D eigenvalue weighted by Gasteiger charge is -2.18. The standard InChI is InChI=1S/C13H17O7P/c1-11(14)17-9-19-21(16,20-10-18-12(2)15)8-13-6-4-3-5-7-13/h3-7H,8-10H2,1-2H3. The Balaban J connectivity index is 2.65. The van der Waals surface area contributed by atoms with Crippen LogP contribution in [-0.4, -0.2) is 25.5 Å². The first-order chi connectivity index (χ1) is 9.91. The number of ether oxygens (including phenoxy) is 2. The SMILES string of the molecule is CC(=O)OCOP(=O)(Cc1ccccc1)OCOC(C)=O. The van der Waals surface area contributed by atoms with Gasteiger partial charge in [0.05, 0.1) is 6.16 Å². The molecule has 0 fully saturated rings. The summed E-state index contributed by atoms with van der Waals surface area (Å²) in [6, 6.07) is 8.86. The van der Waals surface area contributed by atoms with Gasteiger partial charge in [-0.15, -0.1) is 0 Å². The first-order valence-electron chi connectivity index (χ1n) is 6.10. The van der Waals surface area contributed by atoms with Crippen molar-refractivity contribution in [2.75, 3.05) is 13.6 Å². The van der Waals surface area contributed by atoms with E-state index in [4.69, 9.17) is 9.05 Å². The molecule has 0 aliphatic rings. The number of rotatable bonds is 8. The van der Waals surface area contributed by atoms with E-state index in [1.165, 1.54) is 13.8 Å². The van der Waals surface area contributed by atoms with Gasteiger partial charge in [0.15, 0.2) is 0 Å². The smallest absolute Gasteiger partial charge is 0.340 e. The fraction of sp³-hybridized carbons (Fsp3) is 0.385. The number of hydrogen-bond donors (Lipinski definition) is 0. The Bertz CT molecular complexity index is 491. The highest BCUT2D eigenvalue weighted by Gasteiger charge is 2.26. The zero-order valence-corrected chi connectivity index (χ0v) is 12.7. The van der Waals surface area contributed by atoms with E-state index in [1.54, 1.807) is 24.3 Å². The zero-order valence-electron chi connectivity index (χ0n) is 11.8. The van der Waals surface area contributed by atoms with Crippen LogP contribution < -0.4 is 0 Å². The summed E-state index contributed by atoms with van der Waals surface area (Å²) >= 11 is 0. The Kier molecular flexibility index (Phi) is 7.08. The summed E-state index contributed by atoms with van der Waals surface area (Å²) in [6.45, 7) is 1.40. The summed E-state index contributed by atoms with van der Waals surface area (Å²) < 4.78 is 31.7.